The second-order valence-corrected chi connectivity index (χ2v) is 9.20. The van der Waals surface area contributed by atoms with Crippen LogP contribution in [-0.2, 0) is 6.54 Å². The van der Waals surface area contributed by atoms with Crippen molar-refractivity contribution in [2.45, 2.75) is 38.7 Å². The molecule has 1 fully saturated rings. The number of alkyl halides is 3. The number of rotatable bonds is 6. The third-order valence-corrected chi connectivity index (χ3v) is 6.34. The van der Waals surface area contributed by atoms with Crippen molar-refractivity contribution >= 4 is 22.9 Å². The molecule has 4 aromatic rings. The van der Waals surface area contributed by atoms with E-state index in [9.17, 15) is 13.2 Å². The number of benzene rings is 2. The SMILES string of the molecule is CC(C)n1cnc2c(NCc3ccc(-c4ccccc4)cc3)nc(N3CCN[C@@H](C(F)(F)F)C3)nc21. The van der Waals surface area contributed by atoms with Crippen LogP contribution in [0.25, 0.3) is 22.3 Å². The Morgan fingerprint density at radius 2 is 1.75 bits per heavy atom. The van der Waals surface area contributed by atoms with E-state index in [1.54, 1.807) is 11.2 Å². The van der Waals surface area contributed by atoms with Gasteiger partial charge in [-0.3, -0.25) is 0 Å². The molecule has 10 heteroatoms. The highest BCUT2D eigenvalue weighted by Gasteiger charge is 2.42. The molecule has 1 atom stereocenters. The molecule has 0 bridgehead atoms. The average Bonchev–Trinajstić information content (AvgIpc) is 3.32. The molecule has 3 heterocycles. The monoisotopic (exact) mass is 495 g/mol. The fraction of sp³-hybridized carbons (Fsp3) is 0.346. The number of fused-ring (bicyclic) bond motifs is 1. The molecule has 188 valence electrons. The van der Waals surface area contributed by atoms with Gasteiger partial charge in [-0.05, 0) is 30.5 Å². The first kappa shape index (κ1) is 24.1. The highest BCUT2D eigenvalue weighted by Crippen LogP contribution is 2.28. The molecule has 1 aliphatic rings. The maximum Gasteiger partial charge on any atom is 0.405 e. The minimum Gasteiger partial charge on any atom is -0.364 e. The Morgan fingerprint density at radius 3 is 2.44 bits per heavy atom. The number of anilines is 2. The van der Waals surface area contributed by atoms with E-state index in [2.05, 4.69) is 49.9 Å². The van der Waals surface area contributed by atoms with E-state index in [-0.39, 0.29) is 25.1 Å². The van der Waals surface area contributed by atoms with Crippen LogP contribution in [0.1, 0.15) is 25.5 Å². The van der Waals surface area contributed by atoms with Crippen molar-refractivity contribution in [3.63, 3.8) is 0 Å². The van der Waals surface area contributed by atoms with Gasteiger partial charge in [-0.1, -0.05) is 54.6 Å². The zero-order valence-corrected chi connectivity index (χ0v) is 20.1. The molecule has 0 radical (unpaired) electrons. The van der Waals surface area contributed by atoms with Crippen molar-refractivity contribution in [2.24, 2.45) is 0 Å². The van der Waals surface area contributed by atoms with Crippen LogP contribution in [0, 0.1) is 0 Å². The molecule has 0 amide bonds. The fourth-order valence-electron chi connectivity index (χ4n) is 4.33. The van der Waals surface area contributed by atoms with Crippen LogP contribution < -0.4 is 15.5 Å². The van der Waals surface area contributed by atoms with Gasteiger partial charge in [0.2, 0.25) is 5.95 Å². The predicted molar refractivity (Wildman–Crippen MR) is 135 cm³/mol. The second kappa shape index (κ2) is 9.77. The van der Waals surface area contributed by atoms with Gasteiger partial charge in [0.15, 0.2) is 17.0 Å². The number of piperazine rings is 1. The van der Waals surface area contributed by atoms with Crippen LogP contribution in [0.2, 0.25) is 0 Å². The van der Waals surface area contributed by atoms with Gasteiger partial charge in [0.05, 0.1) is 6.33 Å². The Balaban J connectivity index is 1.42. The molecule has 2 aromatic heterocycles. The molecule has 2 aromatic carbocycles. The normalized spacial score (nSPS) is 16.6. The summed E-state index contributed by atoms with van der Waals surface area (Å²) in [5, 5.41) is 5.89. The van der Waals surface area contributed by atoms with Gasteiger partial charge in [-0.15, -0.1) is 0 Å². The lowest BCUT2D eigenvalue weighted by molar-refractivity contribution is -0.155. The third kappa shape index (κ3) is 4.99. The van der Waals surface area contributed by atoms with Crippen molar-refractivity contribution in [1.29, 1.82) is 0 Å². The quantitative estimate of drug-likeness (QED) is 0.391. The van der Waals surface area contributed by atoms with E-state index in [1.165, 1.54) is 0 Å². The van der Waals surface area contributed by atoms with Crippen molar-refractivity contribution in [3.05, 3.63) is 66.5 Å². The van der Waals surface area contributed by atoms with E-state index < -0.39 is 12.2 Å². The van der Waals surface area contributed by atoms with Gasteiger partial charge in [-0.25, -0.2) is 4.98 Å². The number of halogens is 3. The van der Waals surface area contributed by atoms with Crippen molar-refractivity contribution in [3.8, 4) is 11.1 Å². The van der Waals surface area contributed by atoms with Crippen LogP contribution in [0.5, 0.6) is 0 Å². The average molecular weight is 496 g/mol. The molecule has 0 spiro atoms. The number of aromatic nitrogens is 4. The highest BCUT2D eigenvalue weighted by atomic mass is 19.4. The second-order valence-electron chi connectivity index (χ2n) is 9.20. The van der Waals surface area contributed by atoms with E-state index in [0.29, 0.717) is 30.1 Å². The Hall–Kier alpha value is -3.66. The largest absolute Gasteiger partial charge is 0.405 e. The summed E-state index contributed by atoms with van der Waals surface area (Å²) in [4.78, 5) is 15.4. The van der Waals surface area contributed by atoms with Crippen molar-refractivity contribution < 1.29 is 13.2 Å². The minimum absolute atomic E-state index is 0.0853. The summed E-state index contributed by atoms with van der Waals surface area (Å²) in [7, 11) is 0. The van der Waals surface area contributed by atoms with Gasteiger partial charge in [0.25, 0.3) is 0 Å². The molecular formula is C26H28F3N7. The Morgan fingerprint density at radius 1 is 1.03 bits per heavy atom. The summed E-state index contributed by atoms with van der Waals surface area (Å²) in [6, 6.07) is 16.8. The van der Waals surface area contributed by atoms with E-state index in [1.807, 2.05) is 48.7 Å². The first-order chi connectivity index (χ1) is 17.3. The van der Waals surface area contributed by atoms with E-state index in [4.69, 9.17) is 0 Å². The molecule has 36 heavy (non-hydrogen) atoms. The minimum atomic E-state index is -4.34. The summed E-state index contributed by atoms with van der Waals surface area (Å²) in [5.41, 5.74) is 4.51. The molecule has 1 saturated heterocycles. The van der Waals surface area contributed by atoms with Crippen LogP contribution >= 0.6 is 0 Å². The first-order valence-electron chi connectivity index (χ1n) is 12.0. The maximum absolute atomic E-state index is 13.4. The molecule has 2 N–H and O–H groups in total. The summed E-state index contributed by atoms with van der Waals surface area (Å²) < 4.78 is 42.0. The molecule has 0 saturated carbocycles. The predicted octanol–water partition coefficient (Wildman–Crippen LogP) is 5.03. The van der Waals surface area contributed by atoms with Crippen LogP contribution in [0.3, 0.4) is 0 Å². The van der Waals surface area contributed by atoms with Crippen molar-refractivity contribution in [2.75, 3.05) is 29.9 Å². The molecule has 5 rings (SSSR count). The van der Waals surface area contributed by atoms with Crippen LogP contribution in [0.4, 0.5) is 24.9 Å². The van der Waals surface area contributed by atoms with Gasteiger partial charge in [0.1, 0.15) is 6.04 Å². The maximum atomic E-state index is 13.4. The van der Waals surface area contributed by atoms with Gasteiger partial charge >= 0.3 is 6.18 Å². The lowest BCUT2D eigenvalue weighted by atomic mass is 10.0. The zero-order valence-electron chi connectivity index (χ0n) is 20.1. The number of imidazole rings is 1. The first-order valence-corrected chi connectivity index (χ1v) is 12.0. The summed E-state index contributed by atoms with van der Waals surface area (Å²) in [5.74, 6) is 0.770. The van der Waals surface area contributed by atoms with Gasteiger partial charge in [-0.2, -0.15) is 23.1 Å². The highest BCUT2D eigenvalue weighted by molar-refractivity contribution is 5.84. The molecule has 7 nitrogen and oxygen atoms in total. The van der Waals surface area contributed by atoms with Crippen LogP contribution in [0.15, 0.2) is 60.9 Å². The lowest BCUT2D eigenvalue weighted by Gasteiger charge is -2.34. The van der Waals surface area contributed by atoms with Gasteiger partial charge < -0.3 is 20.1 Å². The summed E-state index contributed by atoms with van der Waals surface area (Å²) in [6.45, 7) is 4.84. The standard InChI is InChI=1S/C26H28F3N7/c1-17(2)36-16-32-22-23(31-14-18-8-10-20(11-9-18)19-6-4-3-5-7-19)33-25(34-24(22)36)35-13-12-30-21(15-35)26(27,28)29/h3-11,16-17,21,30H,12-15H2,1-2H3,(H,31,33,34)/t21-/m1/s1. The third-order valence-electron chi connectivity index (χ3n) is 6.34. The Kier molecular flexibility index (Phi) is 6.53. The van der Waals surface area contributed by atoms with Crippen LogP contribution in [-0.4, -0.2) is 51.4 Å². The summed E-state index contributed by atoms with van der Waals surface area (Å²) >= 11 is 0. The van der Waals surface area contributed by atoms with Crippen molar-refractivity contribution in [1.82, 2.24) is 24.8 Å². The van der Waals surface area contributed by atoms with E-state index >= 15 is 0 Å². The summed E-state index contributed by atoms with van der Waals surface area (Å²) in [6.07, 6.45) is -2.64. The number of nitrogens with zero attached hydrogens (tertiary/aromatic N) is 5. The Bertz CT molecular complexity index is 1320. The fourth-order valence-corrected chi connectivity index (χ4v) is 4.33. The number of hydrogen-bond acceptors (Lipinski definition) is 6. The molecule has 0 aliphatic carbocycles. The lowest BCUT2D eigenvalue weighted by Crippen LogP contribution is -2.57. The number of hydrogen-bond donors (Lipinski definition) is 2. The molecule has 1 aliphatic heterocycles. The smallest absolute Gasteiger partial charge is 0.364 e. The molecular weight excluding hydrogens is 467 g/mol. The topological polar surface area (TPSA) is 70.9 Å². The zero-order chi connectivity index (χ0) is 25.3. The Labute approximate surface area is 207 Å². The van der Waals surface area contributed by atoms with Gasteiger partial charge in [0, 0.05) is 32.2 Å². The van der Waals surface area contributed by atoms with E-state index in [0.717, 1.165) is 16.7 Å². The molecule has 0 unspecified atom stereocenters. The number of nitrogens with one attached hydrogen (secondary N) is 2.